The summed E-state index contributed by atoms with van der Waals surface area (Å²) in [4.78, 5) is 0. The van der Waals surface area contributed by atoms with Gasteiger partial charge in [0.2, 0.25) is 0 Å². The molecular weight excluding hydrogens is 282 g/mol. The second kappa shape index (κ2) is 8.35. The molecule has 1 aliphatic heterocycles. The molecule has 1 aromatic rings. The lowest BCUT2D eigenvalue weighted by Crippen LogP contribution is -2.42. The van der Waals surface area contributed by atoms with Crippen LogP contribution in [0.5, 0.6) is 0 Å². The van der Waals surface area contributed by atoms with Crippen molar-refractivity contribution in [2.75, 3.05) is 23.8 Å². The first kappa shape index (κ1) is 16.3. The van der Waals surface area contributed by atoms with E-state index in [2.05, 4.69) is 73.9 Å². The molecular formula is C17H27NS2. The highest BCUT2D eigenvalue weighted by Crippen LogP contribution is 2.28. The molecule has 20 heavy (non-hydrogen) atoms. The minimum Gasteiger partial charge on any atom is -0.313 e. The average molecular weight is 310 g/mol. The molecule has 1 fully saturated rings. The van der Waals surface area contributed by atoms with Crippen LogP contribution in [0.15, 0.2) is 24.3 Å². The number of thioether (sulfide) groups is 2. The van der Waals surface area contributed by atoms with E-state index in [4.69, 9.17) is 0 Å². The second-order valence-electron chi connectivity index (χ2n) is 5.75. The fourth-order valence-corrected chi connectivity index (χ4v) is 5.52. The van der Waals surface area contributed by atoms with Gasteiger partial charge in [0.15, 0.2) is 0 Å². The zero-order chi connectivity index (χ0) is 14.4. The van der Waals surface area contributed by atoms with Crippen LogP contribution in [0.2, 0.25) is 0 Å². The first-order valence-corrected chi connectivity index (χ1v) is 9.92. The maximum atomic E-state index is 3.70. The Hall–Kier alpha value is -0.120. The molecule has 0 radical (unpaired) electrons. The monoisotopic (exact) mass is 309 g/mol. The van der Waals surface area contributed by atoms with Gasteiger partial charge in [-0.2, -0.15) is 23.5 Å². The van der Waals surface area contributed by atoms with Gasteiger partial charge in [0.1, 0.15) is 0 Å². The van der Waals surface area contributed by atoms with Crippen LogP contribution >= 0.6 is 23.5 Å². The lowest BCUT2D eigenvalue weighted by atomic mass is 9.98. The molecule has 1 aromatic carbocycles. The maximum Gasteiger partial charge on any atom is 0.0295 e. The van der Waals surface area contributed by atoms with E-state index in [1.54, 1.807) is 0 Å². The van der Waals surface area contributed by atoms with Gasteiger partial charge in [0.05, 0.1) is 0 Å². The van der Waals surface area contributed by atoms with Gasteiger partial charge in [-0.1, -0.05) is 45.0 Å². The summed E-state index contributed by atoms with van der Waals surface area (Å²) in [5.41, 5.74) is 2.91. The fraction of sp³-hybridized carbons (Fsp3) is 0.647. The highest BCUT2D eigenvalue weighted by Gasteiger charge is 2.24. The molecule has 2 atom stereocenters. The van der Waals surface area contributed by atoms with Crippen molar-refractivity contribution >= 4 is 23.5 Å². The molecule has 1 heterocycles. The van der Waals surface area contributed by atoms with Gasteiger partial charge in [-0.25, -0.2) is 0 Å². The number of hydrogen-bond acceptors (Lipinski definition) is 3. The summed E-state index contributed by atoms with van der Waals surface area (Å²) in [6.45, 7) is 7.80. The zero-order valence-corrected chi connectivity index (χ0v) is 14.5. The number of nitrogens with one attached hydrogen (secondary N) is 1. The number of hydrogen-bond donors (Lipinski definition) is 1. The molecule has 112 valence electrons. The topological polar surface area (TPSA) is 12.0 Å². The van der Waals surface area contributed by atoms with E-state index in [-0.39, 0.29) is 0 Å². The standard InChI is InChI=1S/C17H27NS2/c1-4-18-16(17-12-19-9-10-20-17)11-14-5-7-15(8-6-14)13(2)3/h5-8,13,16-18H,4,9-12H2,1-3H3. The van der Waals surface area contributed by atoms with Crippen molar-refractivity contribution in [1.82, 2.24) is 5.32 Å². The van der Waals surface area contributed by atoms with Crippen molar-refractivity contribution in [2.24, 2.45) is 0 Å². The lowest BCUT2D eigenvalue weighted by molar-refractivity contribution is 0.522. The number of rotatable bonds is 6. The first-order valence-electron chi connectivity index (χ1n) is 7.72. The molecule has 0 aromatic heterocycles. The van der Waals surface area contributed by atoms with Crippen molar-refractivity contribution in [3.63, 3.8) is 0 Å². The molecule has 2 unspecified atom stereocenters. The van der Waals surface area contributed by atoms with Crippen LogP contribution in [0, 0.1) is 0 Å². The Balaban J connectivity index is 1.99. The predicted molar refractivity (Wildman–Crippen MR) is 95.3 cm³/mol. The summed E-state index contributed by atoms with van der Waals surface area (Å²) in [7, 11) is 0. The van der Waals surface area contributed by atoms with Gasteiger partial charge < -0.3 is 5.32 Å². The van der Waals surface area contributed by atoms with E-state index < -0.39 is 0 Å². The maximum absolute atomic E-state index is 3.70. The molecule has 3 heteroatoms. The Morgan fingerprint density at radius 1 is 1.20 bits per heavy atom. The van der Waals surface area contributed by atoms with Crippen LogP contribution in [0.4, 0.5) is 0 Å². The fourth-order valence-electron chi connectivity index (χ4n) is 2.63. The van der Waals surface area contributed by atoms with Gasteiger partial charge in [-0.15, -0.1) is 0 Å². The average Bonchev–Trinajstić information content (AvgIpc) is 2.48. The Morgan fingerprint density at radius 3 is 2.50 bits per heavy atom. The van der Waals surface area contributed by atoms with Crippen molar-refractivity contribution in [3.05, 3.63) is 35.4 Å². The largest absolute Gasteiger partial charge is 0.313 e. The van der Waals surface area contributed by atoms with Crippen LogP contribution in [-0.2, 0) is 6.42 Å². The molecule has 0 amide bonds. The second-order valence-corrected chi connectivity index (χ2v) is 8.25. The summed E-state index contributed by atoms with van der Waals surface area (Å²) >= 11 is 4.27. The van der Waals surface area contributed by atoms with Crippen LogP contribution < -0.4 is 5.32 Å². The highest BCUT2D eigenvalue weighted by atomic mass is 32.2. The van der Waals surface area contributed by atoms with E-state index in [0.717, 1.165) is 18.2 Å². The third-order valence-corrected chi connectivity index (χ3v) is 6.78. The normalized spacial score (nSPS) is 21.1. The van der Waals surface area contributed by atoms with Crippen LogP contribution in [0.1, 0.15) is 37.8 Å². The van der Waals surface area contributed by atoms with Gasteiger partial charge in [-0.3, -0.25) is 0 Å². The molecule has 1 N–H and O–H groups in total. The molecule has 0 saturated carbocycles. The number of benzene rings is 1. The third kappa shape index (κ3) is 4.71. The molecule has 1 aliphatic rings. The molecule has 1 nitrogen and oxygen atoms in total. The Morgan fingerprint density at radius 2 is 1.95 bits per heavy atom. The van der Waals surface area contributed by atoms with Crippen molar-refractivity contribution in [2.45, 2.75) is 44.4 Å². The van der Waals surface area contributed by atoms with E-state index >= 15 is 0 Å². The lowest BCUT2D eigenvalue weighted by Gasteiger charge is -2.30. The minimum absolute atomic E-state index is 0.614. The molecule has 0 spiro atoms. The first-order chi connectivity index (χ1) is 9.70. The van der Waals surface area contributed by atoms with Gasteiger partial charge >= 0.3 is 0 Å². The predicted octanol–water partition coefficient (Wildman–Crippen LogP) is 4.18. The van der Waals surface area contributed by atoms with Gasteiger partial charge in [0.25, 0.3) is 0 Å². The summed E-state index contributed by atoms with van der Waals surface area (Å²) in [5, 5.41) is 4.47. The van der Waals surface area contributed by atoms with Crippen LogP contribution in [-0.4, -0.2) is 35.1 Å². The molecule has 0 aliphatic carbocycles. The van der Waals surface area contributed by atoms with E-state index in [9.17, 15) is 0 Å². The van der Waals surface area contributed by atoms with Gasteiger partial charge in [0, 0.05) is 28.6 Å². The third-order valence-electron chi connectivity index (χ3n) is 3.86. The van der Waals surface area contributed by atoms with Crippen LogP contribution in [0.3, 0.4) is 0 Å². The Kier molecular flexibility index (Phi) is 6.79. The van der Waals surface area contributed by atoms with E-state index in [1.165, 1.54) is 28.4 Å². The summed E-state index contributed by atoms with van der Waals surface area (Å²) in [5.74, 6) is 4.55. The van der Waals surface area contributed by atoms with Crippen LogP contribution in [0.25, 0.3) is 0 Å². The number of likely N-dealkylation sites (N-methyl/N-ethyl adjacent to an activating group) is 1. The Labute approximate surface area is 132 Å². The summed E-state index contributed by atoms with van der Waals surface area (Å²) < 4.78 is 0. The summed E-state index contributed by atoms with van der Waals surface area (Å²) in [6.07, 6.45) is 1.16. The summed E-state index contributed by atoms with van der Waals surface area (Å²) in [6, 6.07) is 9.85. The van der Waals surface area contributed by atoms with E-state index in [0.29, 0.717) is 12.0 Å². The smallest absolute Gasteiger partial charge is 0.0295 e. The van der Waals surface area contributed by atoms with Gasteiger partial charge in [-0.05, 0) is 30.0 Å². The van der Waals surface area contributed by atoms with Crippen molar-refractivity contribution in [3.8, 4) is 0 Å². The molecule has 0 bridgehead atoms. The molecule has 1 saturated heterocycles. The Bertz CT molecular complexity index is 382. The molecule has 2 rings (SSSR count). The van der Waals surface area contributed by atoms with Crippen molar-refractivity contribution < 1.29 is 0 Å². The quantitative estimate of drug-likeness (QED) is 0.846. The highest BCUT2D eigenvalue weighted by molar-refractivity contribution is 8.06. The van der Waals surface area contributed by atoms with E-state index in [1.807, 2.05) is 0 Å². The minimum atomic E-state index is 0.614. The van der Waals surface area contributed by atoms with Crippen molar-refractivity contribution in [1.29, 1.82) is 0 Å². The SMILES string of the molecule is CCNC(Cc1ccc(C(C)C)cc1)C1CSCCS1. The zero-order valence-electron chi connectivity index (χ0n) is 12.9.